The third kappa shape index (κ3) is 3.16. The molecule has 0 saturated carbocycles. The van der Waals surface area contributed by atoms with Gasteiger partial charge in [0.1, 0.15) is 0 Å². The van der Waals surface area contributed by atoms with Gasteiger partial charge in [-0.2, -0.15) is 0 Å². The lowest BCUT2D eigenvalue weighted by Crippen LogP contribution is -2.53. The molecular formula is C16H26N2O. The van der Waals surface area contributed by atoms with Crippen molar-refractivity contribution < 1.29 is 5.11 Å². The first-order valence-corrected chi connectivity index (χ1v) is 7.21. The number of nitrogens with zero attached hydrogens (tertiary/aromatic N) is 1. The van der Waals surface area contributed by atoms with Gasteiger partial charge in [0, 0.05) is 24.2 Å². The third-order valence-corrected chi connectivity index (χ3v) is 4.30. The molecule has 1 aliphatic rings. The van der Waals surface area contributed by atoms with Gasteiger partial charge >= 0.3 is 0 Å². The Balaban J connectivity index is 2.30. The zero-order valence-corrected chi connectivity index (χ0v) is 12.3. The predicted molar refractivity (Wildman–Crippen MR) is 79.1 cm³/mol. The Morgan fingerprint density at radius 1 is 1.37 bits per heavy atom. The van der Waals surface area contributed by atoms with Crippen molar-refractivity contribution in [2.75, 3.05) is 19.7 Å². The molecule has 0 aliphatic carbocycles. The molecule has 1 fully saturated rings. The fourth-order valence-corrected chi connectivity index (χ4v) is 3.27. The van der Waals surface area contributed by atoms with Gasteiger partial charge in [-0.1, -0.05) is 30.3 Å². The summed E-state index contributed by atoms with van der Waals surface area (Å²) < 4.78 is 0. The molecule has 106 valence electrons. The maximum Gasteiger partial charge on any atom is 0.0599 e. The first-order chi connectivity index (χ1) is 9.06. The summed E-state index contributed by atoms with van der Waals surface area (Å²) in [7, 11) is 0. The number of aliphatic hydroxyl groups excluding tert-OH is 1. The average molecular weight is 262 g/mol. The number of benzene rings is 1. The van der Waals surface area contributed by atoms with Crippen molar-refractivity contribution in [1.29, 1.82) is 0 Å². The first-order valence-electron chi connectivity index (χ1n) is 7.21. The van der Waals surface area contributed by atoms with E-state index >= 15 is 0 Å². The van der Waals surface area contributed by atoms with E-state index in [0.717, 1.165) is 19.5 Å². The molecule has 1 aliphatic heterocycles. The zero-order valence-electron chi connectivity index (χ0n) is 12.3. The van der Waals surface area contributed by atoms with E-state index < -0.39 is 0 Å². The van der Waals surface area contributed by atoms with Crippen LogP contribution in [0.5, 0.6) is 0 Å². The fraction of sp³-hybridized carbons (Fsp3) is 0.625. The van der Waals surface area contributed by atoms with Gasteiger partial charge in [-0.15, -0.1) is 0 Å². The van der Waals surface area contributed by atoms with E-state index in [1.807, 2.05) is 0 Å². The van der Waals surface area contributed by atoms with E-state index in [0.29, 0.717) is 6.04 Å². The van der Waals surface area contributed by atoms with E-state index in [-0.39, 0.29) is 18.2 Å². The van der Waals surface area contributed by atoms with Crippen LogP contribution in [-0.4, -0.2) is 41.3 Å². The Morgan fingerprint density at radius 3 is 2.68 bits per heavy atom. The summed E-state index contributed by atoms with van der Waals surface area (Å²) in [5, 5.41) is 13.2. The molecule has 19 heavy (non-hydrogen) atoms. The van der Waals surface area contributed by atoms with Crippen molar-refractivity contribution in [1.82, 2.24) is 10.2 Å². The van der Waals surface area contributed by atoms with Crippen LogP contribution in [0.25, 0.3) is 0 Å². The molecule has 2 unspecified atom stereocenters. The number of hydrogen-bond acceptors (Lipinski definition) is 3. The van der Waals surface area contributed by atoms with Crippen LogP contribution in [0.4, 0.5) is 0 Å². The van der Waals surface area contributed by atoms with Gasteiger partial charge in [-0.3, -0.25) is 4.90 Å². The molecule has 0 radical (unpaired) electrons. The minimum Gasteiger partial charge on any atom is -0.395 e. The smallest absolute Gasteiger partial charge is 0.0599 e. The van der Waals surface area contributed by atoms with Crippen molar-refractivity contribution >= 4 is 0 Å². The minimum atomic E-state index is 0.0894. The molecule has 1 aromatic carbocycles. The normalized spacial score (nSPS) is 25.8. The Labute approximate surface area is 116 Å². The van der Waals surface area contributed by atoms with Crippen molar-refractivity contribution in [2.45, 2.75) is 44.8 Å². The van der Waals surface area contributed by atoms with Crippen molar-refractivity contribution in [3.63, 3.8) is 0 Å². The Kier molecular flexibility index (Phi) is 4.61. The lowest BCUT2D eigenvalue weighted by Gasteiger charge is -2.45. The summed E-state index contributed by atoms with van der Waals surface area (Å²) in [4.78, 5) is 2.47. The molecule has 2 N–H and O–H groups in total. The number of rotatable bonds is 3. The van der Waals surface area contributed by atoms with Gasteiger partial charge in [-0.05, 0) is 39.3 Å². The van der Waals surface area contributed by atoms with Crippen molar-refractivity contribution in [2.24, 2.45) is 0 Å². The Morgan fingerprint density at radius 2 is 2.05 bits per heavy atom. The van der Waals surface area contributed by atoms with Crippen LogP contribution >= 0.6 is 0 Å². The van der Waals surface area contributed by atoms with E-state index in [4.69, 9.17) is 0 Å². The van der Waals surface area contributed by atoms with E-state index in [2.05, 4.69) is 61.3 Å². The molecule has 1 saturated heterocycles. The van der Waals surface area contributed by atoms with Gasteiger partial charge in [0.25, 0.3) is 0 Å². The number of aliphatic hydroxyl groups is 1. The van der Waals surface area contributed by atoms with E-state index in [9.17, 15) is 5.11 Å². The molecule has 2 atom stereocenters. The summed E-state index contributed by atoms with van der Waals surface area (Å²) in [5.41, 5.74) is 1.41. The van der Waals surface area contributed by atoms with Gasteiger partial charge in [-0.25, -0.2) is 0 Å². The second kappa shape index (κ2) is 6.04. The van der Waals surface area contributed by atoms with Crippen LogP contribution in [0, 0.1) is 0 Å². The largest absolute Gasteiger partial charge is 0.395 e. The molecule has 1 aromatic rings. The van der Waals surface area contributed by atoms with E-state index in [1.165, 1.54) is 5.56 Å². The minimum absolute atomic E-state index is 0.0894. The third-order valence-electron chi connectivity index (χ3n) is 4.30. The monoisotopic (exact) mass is 262 g/mol. The van der Waals surface area contributed by atoms with Gasteiger partial charge in [0.05, 0.1) is 6.61 Å². The molecule has 1 heterocycles. The lowest BCUT2D eigenvalue weighted by molar-refractivity contribution is 0.0112. The molecule has 0 bridgehead atoms. The van der Waals surface area contributed by atoms with Gasteiger partial charge < -0.3 is 10.4 Å². The maximum atomic E-state index is 9.73. The average Bonchev–Trinajstić information content (AvgIpc) is 2.56. The molecule has 3 heteroatoms. The quantitative estimate of drug-likeness (QED) is 0.876. The molecule has 0 aromatic heterocycles. The standard InChI is InChI=1S/C16H26N2O/c1-13(14-7-5-4-6-8-14)18-15(12-19)11-17-10-9-16(18,2)3/h4-8,13,15,17,19H,9-12H2,1-3H3. The lowest BCUT2D eigenvalue weighted by atomic mass is 9.92. The van der Waals surface area contributed by atoms with Crippen LogP contribution in [-0.2, 0) is 0 Å². The number of nitrogens with one attached hydrogen (secondary N) is 1. The summed E-state index contributed by atoms with van der Waals surface area (Å²) >= 11 is 0. The highest BCUT2D eigenvalue weighted by Gasteiger charge is 2.37. The molecular weight excluding hydrogens is 236 g/mol. The van der Waals surface area contributed by atoms with Gasteiger partial charge in [0.2, 0.25) is 0 Å². The topological polar surface area (TPSA) is 35.5 Å². The second-order valence-electron chi connectivity index (χ2n) is 6.10. The van der Waals surface area contributed by atoms with Crippen LogP contribution in [0.3, 0.4) is 0 Å². The Bertz CT molecular complexity index is 391. The predicted octanol–water partition coefficient (Wildman–Crippen LogP) is 2.18. The Hall–Kier alpha value is -0.900. The van der Waals surface area contributed by atoms with Crippen LogP contribution in [0.15, 0.2) is 30.3 Å². The van der Waals surface area contributed by atoms with Gasteiger partial charge in [0.15, 0.2) is 0 Å². The van der Waals surface area contributed by atoms with Crippen LogP contribution < -0.4 is 5.32 Å². The molecule has 0 spiro atoms. The summed E-state index contributed by atoms with van der Waals surface area (Å²) in [6, 6.07) is 11.1. The molecule has 0 amide bonds. The van der Waals surface area contributed by atoms with Crippen LogP contribution in [0.1, 0.15) is 38.8 Å². The number of hydrogen-bond donors (Lipinski definition) is 2. The van der Waals surface area contributed by atoms with E-state index in [1.54, 1.807) is 0 Å². The second-order valence-corrected chi connectivity index (χ2v) is 6.10. The highest BCUT2D eigenvalue weighted by atomic mass is 16.3. The zero-order chi connectivity index (χ0) is 13.9. The first kappa shape index (κ1) is 14.5. The van der Waals surface area contributed by atoms with Crippen molar-refractivity contribution in [3.05, 3.63) is 35.9 Å². The summed E-state index contributed by atoms with van der Waals surface area (Å²) in [5.74, 6) is 0. The summed E-state index contributed by atoms with van der Waals surface area (Å²) in [6.45, 7) is 8.88. The fourth-order valence-electron chi connectivity index (χ4n) is 3.27. The molecule has 2 rings (SSSR count). The van der Waals surface area contributed by atoms with Crippen molar-refractivity contribution in [3.8, 4) is 0 Å². The maximum absolute atomic E-state index is 9.73. The van der Waals surface area contributed by atoms with Crippen LogP contribution in [0.2, 0.25) is 0 Å². The highest BCUT2D eigenvalue weighted by Crippen LogP contribution is 2.33. The molecule has 3 nitrogen and oxygen atoms in total. The SMILES string of the molecule is CC(c1ccccc1)N1C(CO)CNCCC1(C)C. The highest BCUT2D eigenvalue weighted by molar-refractivity contribution is 5.19. The summed E-state index contributed by atoms with van der Waals surface area (Å²) in [6.07, 6.45) is 1.10.